The van der Waals surface area contributed by atoms with Gasteiger partial charge in [-0.2, -0.15) is 0 Å². The third-order valence-electron chi connectivity index (χ3n) is 5.76. The molecule has 0 bridgehead atoms. The number of anilines is 1. The summed E-state index contributed by atoms with van der Waals surface area (Å²) in [5.74, 6) is 0.942. The van der Waals surface area contributed by atoms with Gasteiger partial charge in [-0.15, -0.1) is 11.3 Å². The smallest absolute Gasteiger partial charge is 0.291 e. The van der Waals surface area contributed by atoms with Gasteiger partial charge in [0.2, 0.25) is 0 Å². The van der Waals surface area contributed by atoms with Crippen LogP contribution >= 0.6 is 11.3 Å². The quantitative estimate of drug-likeness (QED) is 0.587. The van der Waals surface area contributed by atoms with E-state index < -0.39 is 0 Å². The maximum atomic E-state index is 12.8. The van der Waals surface area contributed by atoms with E-state index in [1.165, 1.54) is 11.1 Å². The monoisotopic (exact) mass is 439 g/mol. The number of likely N-dealkylation sites (N-methyl/N-ethyl adjacent to an activating group) is 1. The Labute approximate surface area is 187 Å². The predicted octanol–water partition coefficient (Wildman–Crippen LogP) is 4.50. The summed E-state index contributed by atoms with van der Waals surface area (Å²) in [4.78, 5) is 18.9. The summed E-state index contributed by atoms with van der Waals surface area (Å²) < 4.78 is 11.0. The van der Waals surface area contributed by atoms with Crippen molar-refractivity contribution in [2.24, 2.45) is 0 Å². The van der Waals surface area contributed by atoms with E-state index in [0.717, 1.165) is 54.5 Å². The molecule has 0 radical (unpaired) electrons. The number of amides is 1. The van der Waals surface area contributed by atoms with Gasteiger partial charge in [-0.05, 0) is 37.7 Å². The highest BCUT2D eigenvalue weighted by Crippen LogP contribution is 2.42. The van der Waals surface area contributed by atoms with Crippen LogP contribution in [0.15, 0.2) is 53.1 Å². The first-order valence-corrected chi connectivity index (χ1v) is 11.4. The second kappa shape index (κ2) is 9.68. The topological polar surface area (TPSA) is 58.0 Å². The van der Waals surface area contributed by atoms with E-state index in [9.17, 15) is 4.79 Å². The van der Waals surface area contributed by atoms with Crippen LogP contribution in [0.25, 0.3) is 0 Å². The van der Waals surface area contributed by atoms with Gasteiger partial charge in [0.15, 0.2) is 5.76 Å². The number of piperazine rings is 1. The van der Waals surface area contributed by atoms with Gasteiger partial charge in [0, 0.05) is 42.2 Å². The lowest BCUT2D eigenvalue weighted by atomic mass is 9.96. The molecule has 1 aromatic carbocycles. The molecule has 0 spiro atoms. The molecule has 2 aromatic heterocycles. The number of aryl methyl sites for hydroxylation is 1. The Morgan fingerprint density at radius 1 is 1.16 bits per heavy atom. The molecule has 4 rings (SSSR count). The lowest BCUT2D eigenvalue weighted by Crippen LogP contribution is -2.46. The molecule has 1 N–H and O–H groups in total. The number of carbonyl (C=O) groups excluding carboxylic acids is 1. The van der Waals surface area contributed by atoms with Gasteiger partial charge < -0.3 is 19.4 Å². The minimum absolute atomic E-state index is 0.00620. The standard InChI is InChI=1S/C24H29N3O3S/c1-4-17-16-19(24(31-17)25-23(28)21-10-7-15-30-21)22(27-13-11-26(2)12-14-27)18-8-5-6-9-20(18)29-3/h5-10,15-16,22H,4,11-14H2,1-3H3,(H,25,28). The zero-order chi connectivity index (χ0) is 21.8. The maximum absolute atomic E-state index is 12.8. The fourth-order valence-corrected chi connectivity index (χ4v) is 5.06. The molecule has 6 nitrogen and oxygen atoms in total. The Kier molecular flexibility index (Phi) is 6.75. The first-order chi connectivity index (χ1) is 15.1. The molecule has 1 fully saturated rings. The van der Waals surface area contributed by atoms with Crippen LogP contribution in [0.3, 0.4) is 0 Å². The van der Waals surface area contributed by atoms with Crippen LogP contribution in [0.2, 0.25) is 0 Å². The number of para-hydroxylation sites is 1. The van der Waals surface area contributed by atoms with Crippen LogP contribution in [0, 0.1) is 0 Å². The third-order valence-corrected chi connectivity index (χ3v) is 6.97. The van der Waals surface area contributed by atoms with Gasteiger partial charge in [-0.25, -0.2) is 0 Å². The van der Waals surface area contributed by atoms with Crippen LogP contribution in [0.1, 0.15) is 39.5 Å². The van der Waals surface area contributed by atoms with Crippen LogP contribution in [-0.2, 0) is 6.42 Å². The average Bonchev–Trinajstić information content (AvgIpc) is 3.46. The number of benzene rings is 1. The molecule has 31 heavy (non-hydrogen) atoms. The van der Waals surface area contributed by atoms with Gasteiger partial charge in [-0.3, -0.25) is 9.69 Å². The number of thiophene rings is 1. The molecular formula is C24H29N3O3S. The Balaban J connectivity index is 1.77. The summed E-state index contributed by atoms with van der Waals surface area (Å²) in [5, 5.41) is 3.98. The van der Waals surface area contributed by atoms with E-state index in [1.54, 1.807) is 30.6 Å². The number of hydrogen-bond donors (Lipinski definition) is 1. The van der Waals surface area contributed by atoms with Crippen molar-refractivity contribution in [3.8, 4) is 5.75 Å². The van der Waals surface area contributed by atoms with Gasteiger partial charge in [0.25, 0.3) is 5.91 Å². The summed E-state index contributed by atoms with van der Waals surface area (Å²) in [7, 11) is 3.87. The normalized spacial score (nSPS) is 16.2. The number of ether oxygens (including phenoxy) is 1. The van der Waals surface area contributed by atoms with E-state index >= 15 is 0 Å². The fraction of sp³-hybridized carbons (Fsp3) is 0.375. The van der Waals surface area contributed by atoms with Crippen LogP contribution < -0.4 is 10.1 Å². The number of nitrogens with one attached hydrogen (secondary N) is 1. The largest absolute Gasteiger partial charge is 0.496 e. The van der Waals surface area contributed by atoms with Crippen molar-refractivity contribution < 1.29 is 13.9 Å². The van der Waals surface area contributed by atoms with Crippen LogP contribution in [0.4, 0.5) is 5.00 Å². The molecule has 1 aliphatic rings. The summed E-state index contributed by atoms with van der Waals surface area (Å²) in [5.41, 5.74) is 2.22. The van der Waals surface area contributed by atoms with Crippen LogP contribution in [-0.4, -0.2) is 56.0 Å². The first-order valence-electron chi connectivity index (χ1n) is 10.6. The highest BCUT2D eigenvalue weighted by Gasteiger charge is 2.31. The zero-order valence-corrected chi connectivity index (χ0v) is 19.1. The fourth-order valence-electron chi connectivity index (χ4n) is 4.04. The number of rotatable bonds is 7. The van der Waals surface area contributed by atoms with E-state index in [2.05, 4.69) is 47.3 Å². The second-order valence-corrected chi connectivity index (χ2v) is 8.90. The lowest BCUT2D eigenvalue weighted by Gasteiger charge is -2.38. The highest BCUT2D eigenvalue weighted by atomic mass is 32.1. The average molecular weight is 440 g/mol. The van der Waals surface area contributed by atoms with Crippen molar-refractivity contribution in [3.63, 3.8) is 0 Å². The molecular weight excluding hydrogens is 410 g/mol. The molecule has 0 aliphatic carbocycles. The number of hydrogen-bond acceptors (Lipinski definition) is 6. The summed E-state index contributed by atoms with van der Waals surface area (Å²) >= 11 is 1.63. The van der Waals surface area contributed by atoms with Crippen molar-refractivity contribution in [1.82, 2.24) is 9.80 Å². The molecule has 7 heteroatoms. The van der Waals surface area contributed by atoms with E-state index in [4.69, 9.17) is 9.15 Å². The van der Waals surface area contributed by atoms with Gasteiger partial charge in [0.1, 0.15) is 10.8 Å². The van der Waals surface area contributed by atoms with Gasteiger partial charge in [0.05, 0.1) is 19.4 Å². The zero-order valence-electron chi connectivity index (χ0n) is 18.3. The van der Waals surface area contributed by atoms with Crippen molar-refractivity contribution >= 4 is 22.2 Å². The van der Waals surface area contributed by atoms with Gasteiger partial charge in [-0.1, -0.05) is 25.1 Å². The molecule has 1 atom stereocenters. The highest BCUT2D eigenvalue weighted by molar-refractivity contribution is 7.16. The molecule has 1 unspecified atom stereocenters. The summed E-state index contributed by atoms with van der Waals surface area (Å²) in [6.07, 6.45) is 2.43. The van der Waals surface area contributed by atoms with E-state index in [0.29, 0.717) is 5.76 Å². The first kappa shape index (κ1) is 21.6. The van der Waals surface area contributed by atoms with Crippen molar-refractivity contribution in [2.45, 2.75) is 19.4 Å². The van der Waals surface area contributed by atoms with Crippen molar-refractivity contribution in [2.75, 3.05) is 45.7 Å². The molecule has 164 valence electrons. The van der Waals surface area contributed by atoms with Gasteiger partial charge >= 0.3 is 0 Å². The number of furan rings is 1. The molecule has 1 amide bonds. The SMILES string of the molecule is CCc1cc(C(c2ccccc2OC)N2CCN(C)CC2)c(NC(=O)c2ccco2)s1. The lowest BCUT2D eigenvalue weighted by molar-refractivity contribution is 0.0996. The molecule has 1 aliphatic heterocycles. The summed E-state index contributed by atoms with van der Waals surface area (Å²) in [6, 6.07) is 13.8. The predicted molar refractivity (Wildman–Crippen MR) is 124 cm³/mol. The molecule has 0 saturated carbocycles. The van der Waals surface area contributed by atoms with Crippen LogP contribution in [0.5, 0.6) is 5.75 Å². The number of methoxy groups -OCH3 is 1. The minimum Gasteiger partial charge on any atom is -0.496 e. The van der Waals surface area contributed by atoms with Crippen molar-refractivity contribution in [3.05, 3.63) is 70.5 Å². The molecule has 1 saturated heterocycles. The second-order valence-electron chi connectivity index (χ2n) is 7.77. The Hall–Kier alpha value is -2.61. The molecule has 3 heterocycles. The summed E-state index contributed by atoms with van der Waals surface area (Å²) in [6.45, 7) is 6.04. The molecule has 3 aromatic rings. The number of nitrogens with zero attached hydrogens (tertiary/aromatic N) is 2. The number of carbonyl (C=O) groups is 1. The third kappa shape index (κ3) is 4.69. The van der Waals surface area contributed by atoms with Crippen molar-refractivity contribution in [1.29, 1.82) is 0 Å². The Bertz CT molecular complexity index is 1010. The Morgan fingerprint density at radius 3 is 2.61 bits per heavy atom. The maximum Gasteiger partial charge on any atom is 0.291 e. The minimum atomic E-state index is -0.229. The Morgan fingerprint density at radius 2 is 1.94 bits per heavy atom. The van der Waals surface area contributed by atoms with E-state index in [1.807, 2.05) is 12.1 Å². The van der Waals surface area contributed by atoms with E-state index in [-0.39, 0.29) is 11.9 Å².